The zero-order valence-corrected chi connectivity index (χ0v) is 23.4. The first-order chi connectivity index (χ1) is 18.7. The number of alkyl halides is 3. The van der Waals surface area contributed by atoms with Crippen LogP contribution < -0.4 is 0 Å². The molecule has 0 radical (unpaired) electrons. The summed E-state index contributed by atoms with van der Waals surface area (Å²) in [4.78, 5) is 12.1. The molecule has 0 saturated carbocycles. The van der Waals surface area contributed by atoms with Gasteiger partial charge >= 0.3 is 12.1 Å². The summed E-state index contributed by atoms with van der Waals surface area (Å²) in [5, 5.41) is -1.04. The molecule has 4 aromatic rings. The van der Waals surface area contributed by atoms with Crippen molar-refractivity contribution in [1.29, 1.82) is 0 Å². The molecule has 4 rings (SSSR count). The number of hydrogen-bond acceptors (Lipinski definition) is 4. The van der Waals surface area contributed by atoms with Crippen LogP contribution in [0, 0.1) is 0 Å². The first-order valence-corrected chi connectivity index (χ1v) is 14.0. The highest BCUT2D eigenvalue weighted by molar-refractivity contribution is 7.90. The number of carbonyl (C=O) groups excluding carboxylic acids is 1. The molecule has 40 heavy (non-hydrogen) atoms. The molecule has 9 heteroatoms. The summed E-state index contributed by atoms with van der Waals surface area (Å²) in [6.45, 7) is 9.84. The fourth-order valence-electron chi connectivity index (χ4n) is 4.71. The van der Waals surface area contributed by atoms with Crippen molar-refractivity contribution in [2.24, 2.45) is 0 Å². The van der Waals surface area contributed by atoms with E-state index in [1.54, 1.807) is 36.4 Å². The number of ether oxygens (including phenoxy) is 1. The monoisotopic (exact) mass is 569 g/mol. The topological polar surface area (TPSA) is 65.4 Å². The van der Waals surface area contributed by atoms with Gasteiger partial charge in [-0.05, 0) is 58.5 Å². The SMILES string of the molecule is C=CC(c1cccc(C(C)(C)C)c1)S(=O)(=O)n1c(Cc2cccc(C(=O)OC)c2)cc2cc(C(F)(F)F)ccc21. The lowest BCUT2D eigenvalue weighted by Crippen LogP contribution is -2.22. The maximum absolute atomic E-state index is 14.3. The molecule has 0 bridgehead atoms. The van der Waals surface area contributed by atoms with Crippen LogP contribution in [0.3, 0.4) is 0 Å². The number of halogens is 3. The summed E-state index contributed by atoms with van der Waals surface area (Å²) in [5.74, 6) is -0.560. The van der Waals surface area contributed by atoms with Gasteiger partial charge in [0.25, 0.3) is 0 Å². The first kappa shape index (κ1) is 29.1. The molecule has 1 heterocycles. The van der Waals surface area contributed by atoms with E-state index in [4.69, 9.17) is 4.74 Å². The maximum atomic E-state index is 14.3. The van der Waals surface area contributed by atoms with E-state index in [9.17, 15) is 26.4 Å². The number of hydrogen-bond donors (Lipinski definition) is 0. The third-order valence-electron chi connectivity index (χ3n) is 6.76. The number of esters is 1. The molecule has 0 aliphatic heterocycles. The number of fused-ring (bicyclic) bond motifs is 1. The highest BCUT2D eigenvalue weighted by atomic mass is 32.2. The Balaban J connectivity index is 1.93. The summed E-state index contributed by atoms with van der Waals surface area (Å²) in [6, 6.07) is 18.1. The van der Waals surface area contributed by atoms with Gasteiger partial charge in [-0.15, -0.1) is 6.58 Å². The van der Waals surface area contributed by atoms with Gasteiger partial charge in [0.15, 0.2) is 0 Å². The molecule has 3 aromatic carbocycles. The van der Waals surface area contributed by atoms with Crippen LogP contribution in [0.25, 0.3) is 10.9 Å². The van der Waals surface area contributed by atoms with Crippen molar-refractivity contribution in [2.45, 2.75) is 44.0 Å². The summed E-state index contributed by atoms with van der Waals surface area (Å²) in [6.07, 6.45) is -3.23. The number of nitrogens with zero attached hydrogens (tertiary/aromatic N) is 1. The second kappa shape index (κ2) is 10.6. The average molecular weight is 570 g/mol. The minimum absolute atomic E-state index is 0.0337. The minimum Gasteiger partial charge on any atom is -0.465 e. The lowest BCUT2D eigenvalue weighted by molar-refractivity contribution is -0.137. The van der Waals surface area contributed by atoms with E-state index in [1.807, 2.05) is 32.9 Å². The first-order valence-electron chi connectivity index (χ1n) is 12.5. The van der Waals surface area contributed by atoms with Crippen LogP contribution in [0.4, 0.5) is 13.2 Å². The van der Waals surface area contributed by atoms with Crippen molar-refractivity contribution in [3.8, 4) is 0 Å². The number of methoxy groups -OCH3 is 1. The molecule has 1 atom stereocenters. The molecule has 0 N–H and O–H groups in total. The van der Waals surface area contributed by atoms with Gasteiger partial charge in [0.05, 0.1) is 23.8 Å². The van der Waals surface area contributed by atoms with Gasteiger partial charge in [-0.2, -0.15) is 13.2 Å². The molecular formula is C31H30F3NO4S. The second-order valence-electron chi connectivity index (χ2n) is 10.6. The predicted molar refractivity (Wildman–Crippen MR) is 150 cm³/mol. The molecule has 1 aromatic heterocycles. The van der Waals surface area contributed by atoms with E-state index in [1.165, 1.54) is 25.3 Å². The van der Waals surface area contributed by atoms with E-state index in [-0.39, 0.29) is 34.0 Å². The number of aromatic nitrogens is 1. The van der Waals surface area contributed by atoms with E-state index in [2.05, 4.69) is 6.58 Å². The molecule has 0 fully saturated rings. The van der Waals surface area contributed by atoms with Crippen LogP contribution in [0.2, 0.25) is 0 Å². The lowest BCUT2D eigenvalue weighted by atomic mass is 9.86. The smallest absolute Gasteiger partial charge is 0.416 e. The van der Waals surface area contributed by atoms with Crippen LogP contribution in [0.1, 0.15) is 64.3 Å². The summed E-state index contributed by atoms with van der Waals surface area (Å²) < 4.78 is 75.0. The third-order valence-corrected chi connectivity index (χ3v) is 8.81. The lowest BCUT2D eigenvalue weighted by Gasteiger charge is -2.23. The molecule has 0 aliphatic rings. The Labute approximate surface area is 232 Å². The largest absolute Gasteiger partial charge is 0.465 e. The van der Waals surface area contributed by atoms with Gasteiger partial charge in [-0.25, -0.2) is 17.2 Å². The van der Waals surface area contributed by atoms with Crippen LogP contribution in [-0.2, 0) is 32.8 Å². The predicted octanol–water partition coefficient (Wildman–Crippen LogP) is 7.44. The zero-order valence-electron chi connectivity index (χ0n) is 22.6. The summed E-state index contributed by atoms with van der Waals surface area (Å²) in [7, 11) is -3.00. The van der Waals surface area contributed by atoms with Gasteiger partial charge in [-0.3, -0.25) is 0 Å². The van der Waals surface area contributed by atoms with Gasteiger partial charge in [0.1, 0.15) is 5.25 Å². The highest BCUT2D eigenvalue weighted by Gasteiger charge is 2.34. The van der Waals surface area contributed by atoms with Gasteiger partial charge < -0.3 is 4.74 Å². The van der Waals surface area contributed by atoms with Gasteiger partial charge in [-0.1, -0.05) is 63.2 Å². The van der Waals surface area contributed by atoms with Crippen molar-refractivity contribution in [1.82, 2.24) is 3.97 Å². The highest BCUT2D eigenvalue weighted by Crippen LogP contribution is 2.37. The van der Waals surface area contributed by atoms with E-state index >= 15 is 0 Å². The summed E-state index contributed by atoms with van der Waals surface area (Å²) >= 11 is 0. The summed E-state index contributed by atoms with van der Waals surface area (Å²) in [5.41, 5.74) is 1.52. The normalized spacial score (nSPS) is 13.3. The molecule has 0 amide bonds. The molecule has 0 spiro atoms. The van der Waals surface area contributed by atoms with Crippen LogP contribution >= 0.6 is 0 Å². The molecule has 210 valence electrons. The Hall–Kier alpha value is -3.85. The van der Waals surface area contributed by atoms with Crippen LogP contribution in [0.15, 0.2) is 85.5 Å². The number of carbonyl (C=O) groups is 1. The molecule has 0 aliphatic carbocycles. The third kappa shape index (κ3) is 5.70. The molecule has 1 unspecified atom stereocenters. The van der Waals surface area contributed by atoms with Crippen molar-refractivity contribution >= 4 is 26.9 Å². The van der Waals surface area contributed by atoms with Crippen molar-refractivity contribution in [3.05, 3.63) is 119 Å². The standard InChI is InChI=1S/C31H30F3NO4S/c1-6-28(21-10-8-12-24(17-21)30(2,3)4)40(37,38)35-26(16-20-9-7-11-22(15-20)29(36)39-5)19-23-18-25(31(32,33)34)13-14-27(23)35/h6-15,17-19,28H,1,16H2,2-5H3. The molecule has 0 saturated heterocycles. The Morgan fingerprint density at radius 1 is 0.975 bits per heavy atom. The Bertz CT molecular complexity index is 1700. The van der Waals surface area contributed by atoms with E-state index in [0.717, 1.165) is 21.7 Å². The zero-order chi connectivity index (χ0) is 29.5. The second-order valence-corrected chi connectivity index (χ2v) is 12.5. The minimum atomic E-state index is -4.60. The Morgan fingerprint density at radius 3 is 2.30 bits per heavy atom. The quantitative estimate of drug-likeness (QED) is 0.171. The number of benzene rings is 3. The van der Waals surface area contributed by atoms with Crippen molar-refractivity contribution in [2.75, 3.05) is 7.11 Å². The van der Waals surface area contributed by atoms with Gasteiger partial charge in [0.2, 0.25) is 10.0 Å². The average Bonchev–Trinajstić information content (AvgIpc) is 3.25. The Kier molecular flexibility index (Phi) is 7.73. The number of rotatable bonds is 7. The van der Waals surface area contributed by atoms with Crippen molar-refractivity contribution in [3.63, 3.8) is 0 Å². The molecule has 5 nitrogen and oxygen atoms in total. The Morgan fingerprint density at radius 2 is 1.68 bits per heavy atom. The maximum Gasteiger partial charge on any atom is 0.416 e. The fourth-order valence-corrected chi connectivity index (χ4v) is 6.55. The molecular weight excluding hydrogens is 539 g/mol. The van der Waals surface area contributed by atoms with Crippen molar-refractivity contribution < 1.29 is 31.1 Å². The van der Waals surface area contributed by atoms with Gasteiger partial charge in [0, 0.05) is 17.5 Å². The van der Waals surface area contributed by atoms with E-state index < -0.39 is 33.0 Å². The van der Waals surface area contributed by atoms with Crippen LogP contribution in [-0.4, -0.2) is 25.5 Å². The van der Waals surface area contributed by atoms with E-state index in [0.29, 0.717) is 11.1 Å². The fraction of sp³-hybridized carbons (Fsp3) is 0.258. The van der Waals surface area contributed by atoms with Crippen LogP contribution in [0.5, 0.6) is 0 Å².